The van der Waals surface area contributed by atoms with Crippen LogP contribution in [0.3, 0.4) is 0 Å². The van der Waals surface area contributed by atoms with Crippen LogP contribution in [0, 0.1) is 0 Å². The minimum Gasteiger partial charge on any atom is -0.477 e. The fourth-order valence-electron chi connectivity index (χ4n) is 5.56. The molecule has 0 aliphatic rings. The van der Waals surface area contributed by atoms with Gasteiger partial charge in [0.15, 0.2) is 0 Å². The van der Waals surface area contributed by atoms with Gasteiger partial charge in [0.05, 0.1) is 0 Å². The molecule has 0 bridgehead atoms. The Morgan fingerprint density at radius 1 is 0.690 bits per heavy atom. The van der Waals surface area contributed by atoms with Crippen LogP contribution in [-0.2, 0) is 0 Å². The first-order valence-electron chi connectivity index (χ1n) is 14.7. The summed E-state index contributed by atoms with van der Waals surface area (Å²) in [4.78, 5) is 0. The van der Waals surface area contributed by atoms with Gasteiger partial charge in [-0.3, -0.25) is 0 Å². The molecule has 3 rings (SSSR count). The van der Waals surface area contributed by atoms with Crippen LogP contribution in [0.25, 0.3) is 0 Å². The zero-order valence-electron chi connectivity index (χ0n) is 25.3. The molecule has 234 valence electrons. The lowest BCUT2D eigenvalue weighted by Gasteiger charge is -2.41. The number of rotatable bonds is 16. The number of hydrogen-bond acceptors (Lipinski definition) is 5. The number of ether oxygens (including phenoxy) is 1. The van der Waals surface area contributed by atoms with Crippen molar-refractivity contribution in [2.45, 2.75) is 102 Å². The molecule has 0 amide bonds. The van der Waals surface area contributed by atoms with Crippen molar-refractivity contribution in [3.8, 4) is 5.75 Å². The minimum absolute atomic E-state index is 0. The molecule has 3 unspecified atom stereocenters. The van der Waals surface area contributed by atoms with Crippen molar-refractivity contribution in [1.29, 1.82) is 0 Å². The maximum absolute atomic E-state index is 15.0. The number of alkyl halides is 3. The SMILES string of the molecule is CCCCCCCCCCC(CC(c1cccc(N)c1)C(C)(Oc1ccccc1)C(F)(F)F)c1cccc(N)c1.N.N. The molecule has 0 heterocycles. The van der Waals surface area contributed by atoms with Gasteiger partial charge in [-0.1, -0.05) is 101 Å². The van der Waals surface area contributed by atoms with Gasteiger partial charge >= 0.3 is 6.18 Å². The van der Waals surface area contributed by atoms with Crippen LogP contribution in [0.4, 0.5) is 24.5 Å². The third-order valence-corrected chi connectivity index (χ3v) is 7.92. The van der Waals surface area contributed by atoms with Crippen molar-refractivity contribution in [1.82, 2.24) is 12.3 Å². The molecule has 42 heavy (non-hydrogen) atoms. The third-order valence-electron chi connectivity index (χ3n) is 7.92. The normalized spacial score (nSPS) is 14.1. The number of hydrogen-bond donors (Lipinski definition) is 4. The first-order chi connectivity index (χ1) is 19.1. The second kappa shape index (κ2) is 17.7. The van der Waals surface area contributed by atoms with E-state index in [-0.39, 0.29) is 30.4 Å². The number of unbranched alkanes of at least 4 members (excludes halogenated alkanes) is 7. The zero-order chi connectivity index (χ0) is 29.0. The maximum Gasteiger partial charge on any atom is 0.428 e. The molecule has 3 atom stereocenters. The molecule has 0 saturated heterocycles. The molecule has 0 saturated carbocycles. The van der Waals surface area contributed by atoms with E-state index in [4.69, 9.17) is 16.2 Å². The maximum atomic E-state index is 15.0. The van der Waals surface area contributed by atoms with Crippen LogP contribution >= 0.6 is 0 Å². The molecule has 0 spiro atoms. The smallest absolute Gasteiger partial charge is 0.428 e. The van der Waals surface area contributed by atoms with Gasteiger partial charge in [0.2, 0.25) is 5.60 Å². The van der Waals surface area contributed by atoms with Crippen molar-refractivity contribution >= 4 is 11.4 Å². The van der Waals surface area contributed by atoms with Gasteiger partial charge in [0.25, 0.3) is 0 Å². The van der Waals surface area contributed by atoms with E-state index in [9.17, 15) is 0 Å². The Morgan fingerprint density at radius 2 is 1.21 bits per heavy atom. The average Bonchev–Trinajstić information content (AvgIpc) is 2.91. The van der Waals surface area contributed by atoms with Crippen molar-refractivity contribution in [3.63, 3.8) is 0 Å². The lowest BCUT2D eigenvalue weighted by molar-refractivity contribution is -0.251. The van der Waals surface area contributed by atoms with Crippen LogP contribution in [-0.4, -0.2) is 11.8 Å². The summed E-state index contributed by atoms with van der Waals surface area (Å²) in [5, 5.41) is 0. The second-order valence-electron chi connectivity index (χ2n) is 11.1. The third kappa shape index (κ3) is 10.6. The number of benzene rings is 3. The van der Waals surface area contributed by atoms with Crippen LogP contribution in [0.15, 0.2) is 78.9 Å². The Hall–Kier alpha value is -3.23. The molecule has 0 aromatic heterocycles. The highest BCUT2D eigenvalue weighted by molar-refractivity contribution is 5.44. The number of nitrogens with two attached hydrogens (primary N) is 2. The summed E-state index contributed by atoms with van der Waals surface area (Å²) in [5.41, 5.74) is 12.2. The number of para-hydroxylation sites is 1. The quantitative estimate of drug-likeness (QED) is 0.0976. The molecule has 0 fully saturated rings. The Morgan fingerprint density at radius 3 is 1.76 bits per heavy atom. The summed E-state index contributed by atoms with van der Waals surface area (Å²) >= 11 is 0. The zero-order valence-corrected chi connectivity index (χ0v) is 25.3. The molecule has 3 aromatic carbocycles. The summed E-state index contributed by atoms with van der Waals surface area (Å²) < 4.78 is 51.0. The molecule has 10 N–H and O–H groups in total. The highest BCUT2D eigenvalue weighted by atomic mass is 19.4. The number of halogens is 3. The van der Waals surface area contributed by atoms with Crippen molar-refractivity contribution < 1.29 is 17.9 Å². The van der Waals surface area contributed by atoms with Crippen LogP contribution in [0.1, 0.15) is 101 Å². The van der Waals surface area contributed by atoms with E-state index < -0.39 is 17.7 Å². The standard InChI is InChI=1S/C34H45F3N2O.2H3N/c1-3-4-5-6-7-8-9-11-16-27(26-17-14-19-29(38)23-26)25-32(28-18-15-20-30(39)24-28)33(2,34(35,36)37)40-31-21-12-10-13-22-31;;/h10,12-15,17-24,27,32H,3-9,11,16,25,38-39H2,1-2H3;2*1H3. The first-order valence-corrected chi connectivity index (χ1v) is 14.7. The molecule has 3 aromatic rings. The van der Waals surface area contributed by atoms with Gasteiger partial charge in [-0.15, -0.1) is 0 Å². The lowest BCUT2D eigenvalue weighted by atomic mass is 9.74. The largest absolute Gasteiger partial charge is 0.477 e. The fraction of sp³-hybridized carbons (Fsp3) is 0.471. The van der Waals surface area contributed by atoms with Gasteiger partial charge < -0.3 is 28.5 Å². The van der Waals surface area contributed by atoms with Gasteiger partial charge in [0, 0.05) is 17.3 Å². The Bertz CT molecular complexity index is 1160. The van der Waals surface area contributed by atoms with Crippen LogP contribution < -0.4 is 28.5 Å². The van der Waals surface area contributed by atoms with E-state index in [1.165, 1.54) is 39.0 Å². The minimum atomic E-state index is -4.64. The molecule has 5 nitrogen and oxygen atoms in total. The van der Waals surface area contributed by atoms with E-state index in [0.717, 1.165) is 31.2 Å². The van der Waals surface area contributed by atoms with E-state index in [1.807, 2.05) is 24.3 Å². The van der Waals surface area contributed by atoms with Crippen LogP contribution in [0.5, 0.6) is 5.75 Å². The van der Waals surface area contributed by atoms with E-state index >= 15 is 13.2 Å². The number of nitrogen functional groups attached to an aromatic ring is 2. The lowest BCUT2D eigenvalue weighted by Crippen LogP contribution is -2.52. The predicted octanol–water partition coefficient (Wildman–Crippen LogP) is 10.4. The summed E-state index contributed by atoms with van der Waals surface area (Å²) in [6, 6.07) is 22.6. The molecule has 0 aliphatic heterocycles. The van der Waals surface area contributed by atoms with E-state index in [0.29, 0.717) is 16.9 Å². The summed E-state index contributed by atoms with van der Waals surface area (Å²) in [6.45, 7) is 3.38. The van der Waals surface area contributed by atoms with Crippen molar-refractivity contribution in [2.75, 3.05) is 11.5 Å². The van der Waals surface area contributed by atoms with Gasteiger partial charge in [-0.2, -0.15) is 13.2 Å². The second-order valence-corrected chi connectivity index (χ2v) is 11.1. The number of anilines is 2. The Labute approximate surface area is 250 Å². The monoisotopic (exact) mass is 588 g/mol. The van der Waals surface area contributed by atoms with Crippen molar-refractivity contribution in [2.24, 2.45) is 0 Å². The topological polar surface area (TPSA) is 131 Å². The molecule has 8 heteroatoms. The van der Waals surface area contributed by atoms with Crippen LogP contribution in [0.2, 0.25) is 0 Å². The van der Waals surface area contributed by atoms with Gasteiger partial charge in [-0.25, -0.2) is 0 Å². The highest BCUT2D eigenvalue weighted by Gasteiger charge is 2.59. The van der Waals surface area contributed by atoms with Gasteiger partial charge in [0.1, 0.15) is 5.75 Å². The highest BCUT2D eigenvalue weighted by Crippen LogP contribution is 2.49. The molecular formula is C34H51F3N4O. The van der Waals surface area contributed by atoms with Crippen molar-refractivity contribution in [3.05, 3.63) is 90.0 Å². The summed E-state index contributed by atoms with van der Waals surface area (Å²) in [6.07, 6.45) is 5.72. The average molecular weight is 589 g/mol. The predicted molar refractivity (Wildman–Crippen MR) is 171 cm³/mol. The summed E-state index contributed by atoms with van der Waals surface area (Å²) in [7, 11) is 0. The molecule has 0 aliphatic carbocycles. The van der Waals surface area contributed by atoms with E-state index in [1.54, 1.807) is 54.6 Å². The van der Waals surface area contributed by atoms with Gasteiger partial charge in [-0.05, 0) is 73.2 Å². The Balaban J connectivity index is 0.00000441. The molecule has 0 radical (unpaired) electrons. The Kier molecular flexibility index (Phi) is 15.5. The van der Waals surface area contributed by atoms with E-state index in [2.05, 4.69) is 6.92 Å². The first kappa shape index (κ1) is 36.8. The summed E-state index contributed by atoms with van der Waals surface area (Å²) in [5.74, 6) is -0.951. The fourth-order valence-corrected chi connectivity index (χ4v) is 5.56. The molecular weight excluding hydrogens is 537 g/mol.